The Labute approximate surface area is 170 Å². The van der Waals surface area contributed by atoms with Gasteiger partial charge in [0.1, 0.15) is 5.65 Å². The number of fused-ring (bicyclic) bond motifs is 1. The molecule has 1 aliphatic carbocycles. The van der Waals surface area contributed by atoms with E-state index >= 15 is 0 Å². The van der Waals surface area contributed by atoms with Crippen molar-refractivity contribution in [2.45, 2.75) is 37.8 Å². The number of hydrogen-bond donors (Lipinski definition) is 2. The maximum atomic E-state index is 9.73. The monoisotopic (exact) mass is 384 g/mol. The fourth-order valence-corrected chi connectivity index (χ4v) is 4.09. The topological polar surface area (TPSA) is 62.5 Å². The Morgan fingerprint density at radius 3 is 2.55 bits per heavy atom. The van der Waals surface area contributed by atoms with Crippen LogP contribution < -0.4 is 5.32 Å². The second-order valence-corrected chi connectivity index (χ2v) is 7.73. The molecule has 4 aromatic rings. The Morgan fingerprint density at radius 2 is 1.72 bits per heavy atom. The summed E-state index contributed by atoms with van der Waals surface area (Å²) in [5.41, 5.74) is 6.18. The van der Waals surface area contributed by atoms with Crippen LogP contribution in [0.2, 0.25) is 0 Å². The Bertz CT molecular complexity index is 1110. The lowest BCUT2D eigenvalue weighted by Gasteiger charge is -2.27. The molecule has 0 atom stereocenters. The summed E-state index contributed by atoms with van der Waals surface area (Å²) < 4.78 is 2.13. The van der Waals surface area contributed by atoms with Gasteiger partial charge in [-0.2, -0.15) is 0 Å². The minimum Gasteiger partial charge on any atom is -0.393 e. The summed E-state index contributed by atoms with van der Waals surface area (Å²) >= 11 is 0. The van der Waals surface area contributed by atoms with Crippen molar-refractivity contribution in [1.29, 1.82) is 0 Å². The third-order valence-electron chi connectivity index (χ3n) is 5.70. The molecule has 0 amide bonds. The van der Waals surface area contributed by atoms with Crippen molar-refractivity contribution in [2.24, 2.45) is 0 Å². The first-order valence-corrected chi connectivity index (χ1v) is 10.2. The minimum absolute atomic E-state index is 0.138. The second kappa shape index (κ2) is 7.68. The molecule has 3 heterocycles. The summed E-state index contributed by atoms with van der Waals surface area (Å²) in [6.45, 7) is 0. The zero-order chi connectivity index (χ0) is 19.6. The number of anilines is 1. The van der Waals surface area contributed by atoms with Crippen molar-refractivity contribution in [3.63, 3.8) is 0 Å². The Balaban J connectivity index is 1.46. The van der Waals surface area contributed by atoms with E-state index in [1.165, 1.54) is 0 Å². The van der Waals surface area contributed by atoms with Crippen LogP contribution in [-0.2, 0) is 0 Å². The fraction of sp³-hybridized carbons (Fsp3) is 0.250. The summed E-state index contributed by atoms with van der Waals surface area (Å²) in [6.07, 6.45) is 9.49. The first-order chi connectivity index (χ1) is 14.3. The maximum absolute atomic E-state index is 9.73. The van der Waals surface area contributed by atoms with Crippen LogP contribution in [0.15, 0.2) is 73.2 Å². The predicted octanol–water partition coefficient (Wildman–Crippen LogP) is 4.78. The molecule has 0 unspecified atom stereocenters. The average molecular weight is 384 g/mol. The lowest BCUT2D eigenvalue weighted by molar-refractivity contribution is 0.126. The summed E-state index contributed by atoms with van der Waals surface area (Å²) in [7, 11) is 0. The van der Waals surface area contributed by atoms with Gasteiger partial charge in [0, 0.05) is 29.6 Å². The second-order valence-electron chi connectivity index (χ2n) is 7.73. The average Bonchev–Trinajstić information content (AvgIpc) is 3.19. The van der Waals surface area contributed by atoms with Crippen LogP contribution in [0.3, 0.4) is 0 Å². The predicted molar refractivity (Wildman–Crippen MR) is 116 cm³/mol. The van der Waals surface area contributed by atoms with E-state index in [-0.39, 0.29) is 6.10 Å². The lowest BCUT2D eigenvalue weighted by Crippen LogP contribution is -2.28. The maximum Gasteiger partial charge on any atom is 0.137 e. The number of hydrogen-bond acceptors (Lipinski definition) is 4. The summed E-state index contributed by atoms with van der Waals surface area (Å²) in [6, 6.07) is 18.9. The number of benzene rings is 1. The molecule has 0 spiro atoms. The SMILES string of the molecule is OC1CCC(Nc2ccc3ncc(-c4ccnc(-c5ccccc5)c4)n3c2)CC1. The number of aromatic nitrogens is 3. The van der Waals surface area contributed by atoms with Crippen molar-refractivity contribution in [1.82, 2.24) is 14.4 Å². The highest BCUT2D eigenvalue weighted by Gasteiger charge is 2.19. The van der Waals surface area contributed by atoms with Crippen LogP contribution in [0.1, 0.15) is 25.7 Å². The third kappa shape index (κ3) is 3.74. The van der Waals surface area contributed by atoms with Gasteiger partial charge in [0.15, 0.2) is 0 Å². The smallest absolute Gasteiger partial charge is 0.137 e. The molecule has 1 aliphatic rings. The van der Waals surface area contributed by atoms with Crippen molar-refractivity contribution in [3.05, 3.63) is 73.2 Å². The fourth-order valence-electron chi connectivity index (χ4n) is 4.09. The van der Waals surface area contributed by atoms with Gasteiger partial charge in [-0.3, -0.25) is 9.38 Å². The largest absolute Gasteiger partial charge is 0.393 e. The van der Waals surface area contributed by atoms with Gasteiger partial charge in [-0.1, -0.05) is 30.3 Å². The van der Waals surface area contributed by atoms with E-state index in [2.05, 4.69) is 50.1 Å². The number of nitrogens with zero attached hydrogens (tertiary/aromatic N) is 3. The van der Waals surface area contributed by atoms with E-state index in [1.54, 1.807) is 0 Å². The van der Waals surface area contributed by atoms with Gasteiger partial charge >= 0.3 is 0 Å². The van der Waals surface area contributed by atoms with Gasteiger partial charge in [-0.15, -0.1) is 0 Å². The van der Waals surface area contributed by atoms with Gasteiger partial charge < -0.3 is 10.4 Å². The number of imidazole rings is 1. The Morgan fingerprint density at radius 1 is 0.897 bits per heavy atom. The van der Waals surface area contributed by atoms with Crippen LogP contribution in [0.25, 0.3) is 28.2 Å². The van der Waals surface area contributed by atoms with Gasteiger partial charge in [0.05, 0.1) is 29.4 Å². The molecule has 1 saturated carbocycles. The highest BCUT2D eigenvalue weighted by atomic mass is 16.3. The normalized spacial score (nSPS) is 19.3. The molecule has 0 aliphatic heterocycles. The number of aliphatic hydroxyl groups excluding tert-OH is 1. The van der Waals surface area contributed by atoms with E-state index in [9.17, 15) is 5.11 Å². The number of aliphatic hydroxyl groups is 1. The van der Waals surface area contributed by atoms with Crippen LogP contribution >= 0.6 is 0 Å². The molecule has 5 rings (SSSR count). The van der Waals surface area contributed by atoms with E-state index in [1.807, 2.05) is 42.7 Å². The Kier molecular flexibility index (Phi) is 4.74. The van der Waals surface area contributed by atoms with Crippen molar-refractivity contribution in [3.8, 4) is 22.5 Å². The Hall–Kier alpha value is -3.18. The van der Waals surface area contributed by atoms with Gasteiger partial charge in [-0.05, 0) is 49.9 Å². The van der Waals surface area contributed by atoms with Gasteiger partial charge in [-0.25, -0.2) is 4.98 Å². The molecule has 0 bridgehead atoms. The lowest BCUT2D eigenvalue weighted by atomic mass is 9.93. The van der Waals surface area contributed by atoms with Crippen molar-refractivity contribution in [2.75, 3.05) is 5.32 Å². The molecule has 3 aromatic heterocycles. The van der Waals surface area contributed by atoms with E-state index < -0.39 is 0 Å². The first-order valence-electron chi connectivity index (χ1n) is 10.2. The van der Waals surface area contributed by atoms with Crippen LogP contribution in [0.5, 0.6) is 0 Å². The number of nitrogens with one attached hydrogen (secondary N) is 1. The van der Waals surface area contributed by atoms with Crippen LogP contribution in [-0.4, -0.2) is 31.6 Å². The quantitative estimate of drug-likeness (QED) is 0.532. The molecular weight excluding hydrogens is 360 g/mol. The molecule has 0 saturated heterocycles. The summed E-state index contributed by atoms with van der Waals surface area (Å²) in [4.78, 5) is 9.12. The molecule has 0 radical (unpaired) electrons. The molecule has 5 nitrogen and oxygen atoms in total. The standard InChI is InChI=1S/C24H24N4O/c29-21-9-6-19(7-10-21)27-20-8-11-24-26-15-23(28(24)16-20)18-12-13-25-22(14-18)17-4-2-1-3-5-17/h1-5,8,11-16,19,21,27,29H,6-7,9-10H2. The molecule has 29 heavy (non-hydrogen) atoms. The molecule has 5 heteroatoms. The summed E-state index contributed by atoms with van der Waals surface area (Å²) in [5, 5.41) is 13.4. The van der Waals surface area contributed by atoms with Gasteiger partial charge in [0.2, 0.25) is 0 Å². The zero-order valence-electron chi connectivity index (χ0n) is 16.2. The van der Waals surface area contributed by atoms with E-state index in [4.69, 9.17) is 0 Å². The van der Waals surface area contributed by atoms with Crippen LogP contribution in [0.4, 0.5) is 5.69 Å². The van der Waals surface area contributed by atoms with Gasteiger partial charge in [0.25, 0.3) is 0 Å². The first kappa shape index (κ1) is 17.9. The minimum atomic E-state index is -0.138. The highest BCUT2D eigenvalue weighted by molar-refractivity contribution is 5.70. The van der Waals surface area contributed by atoms with Crippen molar-refractivity contribution >= 4 is 11.3 Å². The molecular formula is C24H24N4O. The summed E-state index contributed by atoms with van der Waals surface area (Å²) in [5.74, 6) is 0. The molecule has 146 valence electrons. The number of rotatable bonds is 4. The van der Waals surface area contributed by atoms with E-state index in [0.29, 0.717) is 6.04 Å². The number of pyridine rings is 2. The molecule has 1 aromatic carbocycles. The highest BCUT2D eigenvalue weighted by Crippen LogP contribution is 2.27. The molecule has 2 N–H and O–H groups in total. The molecule has 1 fully saturated rings. The zero-order valence-corrected chi connectivity index (χ0v) is 16.2. The van der Waals surface area contributed by atoms with Crippen molar-refractivity contribution < 1.29 is 5.11 Å². The van der Waals surface area contributed by atoms with E-state index in [0.717, 1.165) is 59.5 Å². The third-order valence-corrected chi connectivity index (χ3v) is 5.70. The van der Waals surface area contributed by atoms with Crippen LogP contribution in [0, 0.1) is 0 Å².